The van der Waals surface area contributed by atoms with Gasteiger partial charge in [0.1, 0.15) is 0 Å². The average Bonchev–Trinajstić information content (AvgIpc) is 2.67. The van der Waals surface area contributed by atoms with Crippen molar-refractivity contribution in [2.45, 2.75) is 20.0 Å². The number of nitrogens with zero attached hydrogens (tertiary/aromatic N) is 1. The molecule has 0 aromatic heterocycles. The summed E-state index contributed by atoms with van der Waals surface area (Å²) in [5, 5.41) is 0. The van der Waals surface area contributed by atoms with Gasteiger partial charge in [0.2, 0.25) is 0 Å². The minimum atomic E-state index is -0.625. The largest absolute Gasteiger partial charge is 0.490 e. The molecule has 0 saturated carbocycles. The second-order valence-electron chi connectivity index (χ2n) is 6.20. The summed E-state index contributed by atoms with van der Waals surface area (Å²) in [6.45, 7) is 4.03. The van der Waals surface area contributed by atoms with E-state index >= 15 is 0 Å². The van der Waals surface area contributed by atoms with Crippen molar-refractivity contribution >= 4 is 17.8 Å². The van der Waals surface area contributed by atoms with Crippen LogP contribution in [0.5, 0.6) is 11.5 Å². The molecule has 0 saturated heterocycles. The Bertz CT molecular complexity index is 812. The number of ketones is 1. The molecule has 142 valence electrons. The molecule has 2 aromatic rings. The number of carbonyl (C=O) groups is 2. The van der Waals surface area contributed by atoms with Crippen molar-refractivity contribution in [3.05, 3.63) is 65.7 Å². The van der Waals surface area contributed by atoms with E-state index in [0.29, 0.717) is 23.7 Å². The van der Waals surface area contributed by atoms with Crippen LogP contribution in [0.25, 0.3) is 6.08 Å². The molecule has 0 unspecified atom stereocenters. The van der Waals surface area contributed by atoms with Crippen LogP contribution in [0, 0.1) is 0 Å². The Morgan fingerprint density at radius 2 is 1.78 bits per heavy atom. The third kappa shape index (κ3) is 5.71. The second-order valence-corrected chi connectivity index (χ2v) is 6.20. The Hall–Kier alpha value is -3.08. The molecule has 1 atom stereocenters. The average molecular weight is 367 g/mol. The maximum atomic E-state index is 12.2. The highest BCUT2D eigenvalue weighted by molar-refractivity contribution is 6.06. The quantitative estimate of drug-likeness (QED) is 0.525. The monoisotopic (exact) mass is 367 g/mol. The van der Waals surface area contributed by atoms with Gasteiger partial charge in [0.05, 0.1) is 6.61 Å². The molecule has 5 heteroatoms. The fraction of sp³-hybridized carbons (Fsp3) is 0.273. The van der Waals surface area contributed by atoms with Crippen LogP contribution in [0.1, 0.15) is 29.8 Å². The van der Waals surface area contributed by atoms with E-state index in [2.05, 4.69) is 0 Å². The number of allylic oxidation sites excluding steroid dienone is 1. The maximum Gasteiger partial charge on any atom is 0.262 e. The zero-order valence-electron chi connectivity index (χ0n) is 16.1. The number of benzene rings is 2. The SMILES string of the molecule is CCOc1cc(/C=C/C(=O)c2ccccc2)ccc1O[C@@H](C)C(=O)N(C)C. The highest BCUT2D eigenvalue weighted by Gasteiger charge is 2.18. The van der Waals surface area contributed by atoms with Crippen LogP contribution < -0.4 is 9.47 Å². The first-order valence-electron chi connectivity index (χ1n) is 8.84. The molecule has 0 aliphatic heterocycles. The van der Waals surface area contributed by atoms with Gasteiger partial charge in [0.15, 0.2) is 23.4 Å². The van der Waals surface area contributed by atoms with Crippen molar-refractivity contribution in [2.75, 3.05) is 20.7 Å². The molecule has 0 aliphatic rings. The van der Waals surface area contributed by atoms with Gasteiger partial charge in [-0.15, -0.1) is 0 Å². The van der Waals surface area contributed by atoms with E-state index in [1.165, 1.54) is 11.0 Å². The van der Waals surface area contributed by atoms with Gasteiger partial charge in [-0.05, 0) is 37.6 Å². The van der Waals surface area contributed by atoms with E-state index in [1.54, 1.807) is 51.4 Å². The van der Waals surface area contributed by atoms with E-state index in [1.807, 2.05) is 31.2 Å². The zero-order valence-corrected chi connectivity index (χ0v) is 16.1. The fourth-order valence-electron chi connectivity index (χ4n) is 2.47. The lowest BCUT2D eigenvalue weighted by atomic mass is 10.1. The molecule has 0 N–H and O–H groups in total. The lowest BCUT2D eigenvalue weighted by Crippen LogP contribution is -2.35. The lowest BCUT2D eigenvalue weighted by molar-refractivity contribution is -0.135. The van der Waals surface area contributed by atoms with Crippen LogP contribution in [0.3, 0.4) is 0 Å². The topological polar surface area (TPSA) is 55.8 Å². The number of rotatable bonds is 8. The van der Waals surface area contributed by atoms with Crippen molar-refractivity contribution in [3.8, 4) is 11.5 Å². The van der Waals surface area contributed by atoms with Crippen molar-refractivity contribution in [1.29, 1.82) is 0 Å². The van der Waals surface area contributed by atoms with Gasteiger partial charge >= 0.3 is 0 Å². The summed E-state index contributed by atoms with van der Waals surface area (Å²) < 4.78 is 11.4. The number of ether oxygens (including phenoxy) is 2. The summed E-state index contributed by atoms with van der Waals surface area (Å²) in [5.41, 5.74) is 1.44. The van der Waals surface area contributed by atoms with Crippen LogP contribution in [0.4, 0.5) is 0 Å². The normalized spacial score (nSPS) is 11.9. The second kappa shape index (κ2) is 9.57. The predicted molar refractivity (Wildman–Crippen MR) is 106 cm³/mol. The Kier molecular flexibility index (Phi) is 7.17. The number of carbonyl (C=O) groups excluding carboxylic acids is 2. The van der Waals surface area contributed by atoms with Crippen molar-refractivity contribution in [1.82, 2.24) is 4.90 Å². The third-order valence-electron chi connectivity index (χ3n) is 3.85. The Morgan fingerprint density at radius 1 is 1.07 bits per heavy atom. The van der Waals surface area contributed by atoms with Crippen molar-refractivity contribution in [2.24, 2.45) is 0 Å². The smallest absolute Gasteiger partial charge is 0.262 e. The molecule has 1 amide bonds. The van der Waals surface area contributed by atoms with E-state index in [-0.39, 0.29) is 11.7 Å². The summed E-state index contributed by atoms with van der Waals surface area (Å²) in [4.78, 5) is 25.7. The molecule has 0 radical (unpaired) electrons. The number of hydrogen-bond donors (Lipinski definition) is 0. The number of amides is 1. The first-order valence-corrected chi connectivity index (χ1v) is 8.84. The summed E-state index contributed by atoms with van der Waals surface area (Å²) in [7, 11) is 3.37. The van der Waals surface area contributed by atoms with Gasteiger partial charge in [-0.1, -0.05) is 42.5 Å². The molecule has 5 nitrogen and oxygen atoms in total. The molecule has 0 aliphatic carbocycles. The summed E-state index contributed by atoms with van der Waals surface area (Å²) in [6, 6.07) is 14.4. The molecule has 2 aromatic carbocycles. The molecular formula is C22H25NO4. The first kappa shape index (κ1) is 20.2. The van der Waals surface area contributed by atoms with Crippen LogP contribution in [0.15, 0.2) is 54.6 Å². The van der Waals surface area contributed by atoms with Gasteiger partial charge in [0.25, 0.3) is 5.91 Å². The minimum Gasteiger partial charge on any atom is -0.490 e. The Balaban J connectivity index is 2.18. The van der Waals surface area contributed by atoms with Crippen LogP contribution in [-0.2, 0) is 4.79 Å². The molecule has 0 spiro atoms. The minimum absolute atomic E-state index is 0.0703. The summed E-state index contributed by atoms with van der Waals surface area (Å²) in [5.74, 6) is 0.824. The van der Waals surface area contributed by atoms with Crippen LogP contribution in [0.2, 0.25) is 0 Å². The predicted octanol–water partition coefficient (Wildman–Crippen LogP) is 3.84. The molecule has 0 fully saturated rings. The fourth-order valence-corrected chi connectivity index (χ4v) is 2.47. The third-order valence-corrected chi connectivity index (χ3v) is 3.85. The molecular weight excluding hydrogens is 342 g/mol. The summed E-state index contributed by atoms with van der Waals surface area (Å²) >= 11 is 0. The zero-order chi connectivity index (χ0) is 19.8. The standard InChI is InChI=1S/C22H25NO4/c1-5-26-21-15-17(11-13-19(24)18-9-7-6-8-10-18)12-14-20(21)27-16(2)22(25)23(3)4/h6-16H,5H2,1-4H3/b13-11+/t16-/m0/s1. The molecule has 27 heavy (non-hydrogen) atoms. The number of likely N-dealkylation sites (N-methyl/N-ethyl adjacent to an activating group) is 1. The van der Waals surface area contributed by atoms with E-state index in [0.717, 1.165) is 5.56 Å². The molecule has 0 heterocycles. The highest BCUT2D eigenvalue weighted by atomic mass is 16.5. The van der Waals surface area contributed by atoms with Gasteiger partial charge in [0, 0.05) is 19.7 Å². The first-order chi connectivity index (χ1) is 12.9. The van der Waals surface area contributed by atoms with Crippen molar-refractivity contribution in [3.63, 3.8) is 0 Å². The van der Waals surface area contributed by atoms with E-state index in [4.69, 9.17) is 9.47 Å². The van der Waals surface area contributed by atoms with E-state index in [9.17, 15) is 9.59 Å². The maximum absolute atomic E-state index is 12.2. The summed E-state index contributed by atoms with van der Waals surface area (Å²) in [6.07, 6.45) is 2.63. The van der Waals surface area contributed by atoms with Gasteiger partial charge in [-0.2, -0.15) is 0 Å². The van der Waals surface area contributed by atoms with Gasteiger partial charge < -0.3 is 14.4 Å². The number of hydrogen-bond acceptors (Lipinski definition) is 4. The van der Waals surface area contributed by atoms with Crippen LogP contribution in [-0.4, -0.2) is 43.4 Å². The Labute approximate surface area is 160 Å². The van der Waals surface area contributed by atoms with Gasteiger partial charge in [-0.3, -0.25) is 9.59 Å². The highest BCUT2D eigenvalue weighted by Crippen LogP contribution is 2.30. The van der Waals surface area contributed by atoms with Gasteiger partial charge in [-0.25, -0.2) is 0 Å². The Morgan fingerprint density at radius 3 is 2.41 bits per heavy atom. The van der Waals surface area contributed by atoms with Crippen LogP contribution >= 0.6 is 0 Å². The lowest BCUT2D eigenvalue weighted by Gasteiger charge is -2.20. The van der Waals surface area contributed by atoms with Crippen molar-refractivity contribution < 1.29 is 19.1 Å². The molecule has 0 bridgehead atoms. The molecule has 2 rings (SSSR count). The van der Waals surface area contributed by atoms with E-state index < -0.39 is 6.10 Å².